The number of allylic oxidation sites excluding steroid dienone is 2. The molecule has 1 aliphatic heterocycles. The Morgan fingerprint density at radius 3 is 2.56 bits per heavy atom. The molecule has 2 aliphatic rings. The number of benzene rings is 2. The van der Waals surface area contributed by atoms with E-state index in [0.29, 0.717) is 0 Å². The van der Waals surface area contributed by atoms with E-state index >= 15 is 0 Å². The zero-order chi connectivity index (χ0) is 19.2. The van der Waals surface area contributed by atoms with Gasteiger partial charge in [0.2, 0.25) is 0 Å². The lowest BCUT2D eigenvalue weighted by atomic mass is 9.77. The number of alkyl halides is 3. The van der Waals surface area contributed by atoms with Gasteiger partial charge in [0.1, 0.15) is 5.75 Å². The van der Waals surface area contributed by atoms with Crippen LogP contribution in [0.5, 0.6) is 5.75 Å². The zero-order valence-electron chi connectivity index (χ0n) is 13.9. The highest BCUT2D eigenvalue weighted by molar-refractivity contribution is 5.62. The number of nitrogens with zero attached hydrogens (tertiary/aromatic N) is 1. The molecule has 5 nitrogen and oxygen atoms in total. The minimum absolute atomic E-state index is 0.0185. The molecule has 1 heterocycles. The predicted molar refractivity (Wildman–Crippen MR) is 92.6 cm³/mol. The molecule has 0 saturated carbocycles. The summed E-state index contributed by atoms with van der Waals surface area (Å²) in [5.41, 5.74) is 2.42. The van der Waals surface area contributed by atoms with Gasteiger partial charge in [0, 0.05) is 23.7 Å². The number of hydrogen-bond acceptors (Lipinski definition) is 4. The normalized spacial score (nSPS) is 23.3. The average Bonchev–Trinajstić information content (AvgIpc) is 3.10. The van der Waals surface area contributed by atoms with Crippen molar-refractivity contribution in [2.24, 2.45) is 5.92 Å². The number of fused-ring (bicyclic) bond motifs is 3. The number of ether oxygens (including phenoxy) is 1. The Bertz CT molecular complexity index is 909. The molecule has 0 fully saturated rings. The van der Waals surface area contributed by atoms with E-state index in [2.05, 4.69) is 10.1 Å². The number of nitro groups is 1. The molecule has 1 aliphatic carbocycles. The van der Waals surface area contributed by atoms with E-state index in [-0.39, 0.29) is 29.3 Å². The molecule has 0 unspecified atom stereocenters. The summed E-state index contributed by atoms with van der Waals surface area (Å²) in [5.74, 6) is -0.172. The molecule has 0 aromatic heterocycles. The van der Waals surface area contributed by atoms with Crippen molar-refractivity contribution in [3.05, 3.63) is 75.9 Å². The Hall–Kier alpha value is -3.03. The van der Waals surface area contributed by atoms with E-state index in [9.17, 15) is 23.3 Å². The van der Waals surface area contributed by atoms with Crippen LogP contribution in [-0.4, -0.2) is 11.3 Å². The molecule has 140 valence electrons. The van der Waals surface area contributed by atoms with Crippen LogP contribution in [0.4, 0.5) is 24.5 Å². The molecule has 0 saturated heterocycles. The summed E-state index contributed by atoms with van der Waals surface area (Å²) < 4.78 is 41.6. The second-order valence-corrected chi connectivity index (χ2v) is 6.62. The Morgan fingerprint density at radius 2 is 1.89 bits per heavy atom. The summed E-state index contributed by atoms with van der Waals surface area (Å²) in [5, 5.41) is 14.2. The number of anilines is 1. The van der Waals surface area contributed by atoms with E-state index in [4.69, 9.17) is 0 Å². The van der Waals surface area contributed by atoms with Crippen LogP contribution < -0.4 is 10.1 Å². The molecule has 27 heavy (non-hydrogen) atoms. The highest BCUT2D eigenvalue weighted by Gasteiger charge is 2.39. The van der Waals surface area contributed by atoms with Gasteiger partial charge >= 0.3 is 6.36 Å². The lowest BCUT2D eigenvalue weighted by Gasteiger charge is -2.37. The minimum Gasteiger partial charge on any atom is -0.406 e. The van der Waals surface area contributed by atoms with E-state index in [1.165, 1.54) is 24.3 Å². The second kappa shape index (κ2) is 6.29. The molecule has 0 spiro atoms. The maximum absolute atomic E-state index is 12.5. The van der Waals surface area contributed by atoms with E-state index < -0.39 is 11.3 Å². The first-order chi connectivity index (χ1) is 12.8. The van der Waals surface area contributed by atoms with Crippen molar-refractivity contribution < 1.29 is 22.8 Å². The lowest BCUT2D eigenvalue weighted by molar-refractivity contribution is -0.384. The maximum Gasteiger partial charge on any atom is 0.573 e. The third kappa shape index (κ3) is 3.34. The van der Waals surface area contributed by atoms with Gasteiger partial charge in [-0.15, -0.1) is 13.2 Å². The Labute approximate surface area is 152 Å². The summed E-state index contributed by atoms with van der Waals surface area (Å²) in [6.07, 6.45) is 0.0492. The van der Waals surface area contributed by atoms with E-state index in [1.807, 2.05) is 12.2 Å². The monoisotopic (exact) mass is 376 g/mol. The number of halogens is 3. The topological polar surface area (TPSA) is 64.4 Å². The van der Waals surface area contributed by atoms with Crippen molar-refractivity contribution in [3.63, 3.8) is 0 Å². The number of hydrogen-bond donors (Lipinski definition) is 1. The molecular formula is C19H15F3N2O3. The van der Waals surface area contributed by atoms with Crippen LogP contribution in [0.1, 0.15) is 29.5 Å². The second-order valence-electron chi connectivity index (χ2n) is 6.62. The Morgan fingerprint density at radius 1 is 1.15 bits per heavy atom. The number of rotatable bonds is 3. The fourth-order valence-corrected chi connectivity index (χ4v) is 3.90. The largest absolute Gasteiger partial charge is 0.573 e. The van der Waals surface area contributed by atoms with Crippen LogP contribution in [0.3, 0.4) is 0 Å². The lowest BCUT2D eigenvalue weighted by Crippen LogP contribution is -2.29. The summed E-state index contributed by atoms with van der Waals surface area (Å²) in [4.78, 5) is 10.4. The molecule has 3 atom stereocenters. The average molecular weight is 376 g/mol. The molecule has 1 N–H and O–H groups in total. The van der Waals surface area contributed by atoms with Gasteiger partial charge < -0.3 is 10.1 Å². The zero-order valence-corrected chi connectivity index (χ0v) is 13.9. The highest BCUT2D eigenvalue weighted by Crippen LogP contribution is 2.50. The standard InChI is InChI=1S/C19H15F3N2O3/c20-19(21,22)27-13-8-9-17-16(10-13)14-2-1-3-15(14)18(23-17)11-4-6-12(7-5-11)24(25)26/h1-2,4-10,14-15,18,23H,3H2/t14-,15-,18+/m0/s1. The van der Waals surface area contributed by atoms with Gasteiger partial charge in [-0.1, -0.05) is 24.3 Å². The molecule has 0 bridgehead atoms. The molecular weight excluding hydrogens is 361 g/mol. The van der Waals surface area contributed by atoms with Gasteiger partial charge in [-0.25, -0.2) is 0 Å². The predicted octanol–water partition coefficient (Wildman–Crippen LogP) is 5.32. The maximum atomic E-state index is 12.5. The van der Waals surface area contributed by atoms with Crippen LogP contribution in [0.15, 0.2) is 54.6 Å². The Kier molecular flexibility index (Phi) is 4.05. The van der Waals surface area contributed by atoms with E-state index in [0.717, 1.165) is 23.2 Å². The first-order valence-electron chi connectivity index (χ1n) is 8.39. The summed E-state index contributed by atoms with van der Waals surface area (Å²) in [6.45, 7) is 0. The van der Waals surface area contributed by atoms with Crippen LogP contribution >= 0.6 is 0 Å². The first-order valence-corrected chi connectivity index (χ1v) is 8.39. The summed E-state index contributed by atoms with van der Waals surface area (Å²) >= 11 is 0. The smallest absolute Gasteiger partial charge is 0.406 e. The van der Waals surface area contributed by atoms with Crippen molar-refractivity contribution in [2.75, 3.05) is 5.32 Å². The highest BCUT2D eigenvalue weighted by atomic mass is 19.4. The van der Waals surface area contributed by atoms with Gasteiger partial charge in [0.15, 0.2) is 0 Å². The van der Waals surface area contributed by atoms with Gasteiger partial charge in [0.25, 0.3) is 5.69 Å². The van der Waals surface area contributed by atoms with Gasteiger partial charge in [-0.05, 0) is 41.7 Å². The number of nitro benzene ring substituents is 1. The van der Waals surface area contributed by atoms with Crippen molar-refractivity contribution in [1.29, 1.82) is 0 Å². The number of nitrogens with one attached hydrogen (secondary N) is 1. The summed E-state index contributed by atoms with van der Waals surface area (Å²) in [6, 6.07) is 10.6. The van der Waals surface area contributed by atoms with Crippen LogP contribution in [0.2, 0.25) is 0 Å². The van der Waals surface area contributed by atoms with Crippen LogP contribution in [0.25, 0.3) is 0 Å². The third-order valence-corrected chi connectivity index (χ3v) is 5.03. The van der Waals surface area contributed by atoms with Gasteiger partial charge in [0.05, 0.1) is 11.0 Å². The fraction of sp³-hybridized carbons (Fsp3) is 0.263. The molecule has 8 heteroatoms. The molecule has 4 rings (SSSR count). The SMILES string of the molecule is O=[N+]([O-])c1ccc([C@H]2Nc3ccc(OC(F)(F)F)cc3[C@H]3C=CC[C@@H]32)cc1. The fourth-order valence-electron chi connectivity index (χ4n) is 3.90. The molecule has 2 aromatic rings. The minimum atomic E-state index is -4.73. The van der Waals surface area contributed by atoms with Crippen molar-refractivity contribution in [3.8, 4) is 5.75 Å². The quantitative estimate of drug-likeness (QED) is 0.447. The number of non-ortho nitro benzene ring substituents is 1. The first kappa shape index (κ1) is 17.4. The molecule has 0 amide bonds. The van der Waals surface area contributed by atoms with Crippen molar-refractivity contribution in [2.45, 2.75) is 24.7 Å². The molecule has 2 aromatic carbocycles. The van der Waals surface area contributed by atoms with Crippen LogP contribution in [0, 0.1) is 16.0 Å². The molecule has 0 radical (unpaired) electrons. The Balaban J connectivity index is 1.67. The van der Waals surface area contributed by atoms with Crippen LogP contribution in [-0.2, 0) is 0 Å². The van der Waals surface area contributed by atoms with Gasteiger partial charge in [-0.3, -0.25) is 10.1 Å². The summed E-state index contributed by atoms with van der Waals surface area (Å²) in [7, 11) is 0. The third-order valence-electron chi connectivity index (χ3n) is 5.03. The van der Waals surface area contributed by atoms with E-state index in [1.54, 1.807) is 18.2 Å². The van der Waals surface area contributed by atoms with Gasteiger partial charge in [-0.2, -0.15) is 0 Å². The van der Waals surface area contributed by atoms with Crippen molar-refractivity contribution in [1.82, 2.24) is 0 Å². The van der Waals surface area contributed by atoms with Crippen molar-refractivity contribution >= 4 is 11.4 Å².